The maximum absolute atomic E-state index is 11.7. The fourth-order valence-electron chi connectivity index (χ4n) is 4.81. The Labute approximate surface area is 180 Å². The average Bonchev–Trinajstić information content (AvgIpc) is 3.19. The minimum absolute atomic E-state index is 0.0891. The zero-order valence-electron chi connectivity index (χ0n) is 18.4. The molecule has 2 aliphatic rings. The van der Waals surface area contributed by atoms with Crippen LogP contribution in [0.3, 0.4) is 0 Å². The summed E-state index contributed by atoms with van der Waals surface area (Å²) in [6.45, 7) is 3.54. The van der Waals surface area contributed by atoms with Crippen LogP contribution in [0.1, 0.15) is 30.4 Å². The van der Waals surface area contributed by atoms with Gasteiger partial charge >= 0.3 is 0 Å². The van der Waals surface area contributed by atoms with E-state index in [0.717, 1.165) is 24.9 Å². The van der Waals surface area contributed by atoms with E-state index in [1.165, 1.54) is 11.1 Å². The Kier molecular flexibility index (Phi) is 7.87. The Balaban J connectivity index is 1.47. The number of carbonyl (C=O) groups is 1. The smallest absolute Gasteiger partial charge is 0.223 e. The molecule has 0 aliphatic heterocycles. The molecule has 0 heterocycles. The number of benzene rings is 1. The van der Waals surface area contributed by atoms with Crippen molar-refractivity contribution in [1.82, 2.24) is 10.2 Å². The highest BCUT2D eigenvalue weighted by atomic mass is 16.3. The van der Waals surface area contributed by atoms with Gasteiger partial charge in [0.25, 0.3) is 0 Å². The number of aryl methyl sites for hydroxylation is 1. The van der Waals surface area contributed by atoms with Crippen molar-refractivity contribution in [3.8, 4) is 0 Å². The lowest BCUT2D eigenvalue weighted by Crippen LogP contribution is -2.27. The lowest BCUT2D eigenvalue weighted by Gasteiger charge is -2.19. The number of hydrogen-bond acceptors (Lipinski definition) is 4. The lowest BCUT2D eigenvalue weighted by molar-refractivity contribution is -0.128. The molecule has 5 nitrogen and oxygen atoms in total. The van der Waals surface area contributed by atoms with Gasteiger partial charge in [0.05, 0.1) is 12.2 Å². The molecular formula is C25H36N2O3. The van der Waals surface area contributed by atoms with E-state index in [4.69, 9.17) is 0 Å². The first-order chi connectivity index (χ1) is 14.3. The van der Waals surface area contributed by atoms with Crippen LogP contribution in [0.15, 0.2) is 48.1 Å². The van der Waals surface area contributed by atoms with Crippen LogP contribution >= 0.6 is 0 Å². The molecule has 1 saturated carbocycles. The van der Waals surface area contributed by atoms with Crippen molar-refractivity contribution in [1.29, 1.82) is 0 Å². The summed E-state index contributed by atoms with van der Waals surface area (Å²) in [5.74, 6) is 1.04. The number of amides is 1. The molecule has 164 valence electrons. The molecule has 0 bridgehead atoms. The number of rotatable bonds is 9. The average molecular weight is 413 g/mol. The summed E-state index contributed by atoms with van der Waals surface area (Å²) >= 11 is 0. The van der Waals surface area contributed by atoms with Crippen molar-refractivity contribution >= 4 is 5.91 Å². The standard InChI is InChI=1S/C25H36N2O3/c1-17-5-4-6-18(11-17)13-21(28)7-8-22-23-14-19(12-20(23)15-24(22)29)16-26-10-9-25(30)27(2)3/h4-8,11-12,20-24,26,28-29H,9-10,13-16H2,1-3H3/b8-7+/t20-,21-,22+,23-,24+/m0/s1. The molecule has 1 fully saturated rings. The minimum Gasteiger partial charge on any atom is -0.392 e. The van der Waals surface area contributed by atoms with Gasteiger partial charge in [-0.25, -0.2) is 0 Å². The van der Waals surface area contributed by atoms with Gasteiger partial charge in [0.15, 0.2) is 0 Å². The van der Waals surface area contributed by atoms with Crippen LogP contribution in [0, 0.1) is 24.7 Å². The number of aliphatic hydroxyl groups is 2. The number of nitrogens with zero attached hydrogens (tertiary/aromatic N) is 1. The molecule has 0 unspecified atom stereocenters. The first-order valence-corrected chi connectivity index (χ1v) is 11.0. The van der Waals surface area contributed by atoms with Crippen molar-refractivity contribution in [2.24, 2.45) is 17.8 Å². The Morgan fingerprint density at radius 3 is 2.90 bits per heavy atom. The monoisotopic (exact) mass is 412 g/mol. The van der Waals surface area contributed by atoms with E-state index in [0.29, 0.717) is 31.2 Å². The number of aliphatic hydroxyl groups excluding tert-OH is 2. The summed E-state index contributed by atoms with van der Waals surface area (Å²) in [4.78, 5) is 13.3. The number of hydrogen-bond donors (Lipinski definition) is 3. The normalized spacial score (nSPS) is 26.6. The first kappa shape index (κ1) is 22.7. The van der Waals surface area contributed by atoms with Gasteiger partial charge < -0.3 is 20.4 Å². The molecule has 1 amide bonds. The molecule has 5 heteroatoms. The van der Waals surface area contributed by atoms with Crippen molar-refractivity contribution in [3.63, 3.8) is 0 Å². The Hall–Kier alpha value is -1.95. The Morgan fingerprint density at radius 1 is 1.37 bits per heavy atom. The van der Waals surface area contributed by atoms with E-state index in [1.807, 2.05) is 24.3 Å². The first-order valence-electron chi connectivity index (χ1n) is 11.0. The fraction of sp³-hybridized carbons (Fsp3) is 0.560. The zero-order valence-corrected chi connectivity index (χ0v) is 18.4. The molecular weight excluding hydrogens is 376 g/mol. The molecule has 0 radical (unpaired) electrons. The highest BCUT2D eigenvalue weighted by Gasteiger charge is 2.43. The van der Waals surface area contributed by atoms with Crippen LogP contribution in [0.2, 0.25) is 0 Å². The van der Waals surface area contributed by atoms with Crippen LogP contribution in [0.25, 0.3) is 0 Å². The van der Waals surface area contributed by atoms with E-state index in [2.05, 4.69) is 30.4 Å². The maximum atomic E-state index is 11.7. The third kappa shape index (κ3) is 6.03. The second-order valence-electron chi connectivity index (χ2n) is 9.10. The summed E-state index contributed by atoms with van der Waals surface area (Å²) in [5.41, 5.74) is 3.69. The van der Waals surface area contributed by atoms with Crippen LogP contribution in [0.5, 0.6) is 0 Å². The van der Waals surface area contributed by atoms with Crippen LogP contribution in [0.4, 0.5) is 0 Å². The van der Waals surface area contributed by atoms with Gasteiger partial charge in [-0.05, 0) is 37.2 Å². The van der Waals surface area contributed by atoms with E-state index in [1.54, 1.807) is 19.0 Å². The van der Waals surface area contributed by atoms with Gasteiger partial charge in [0.2, 0.25) is 5.91 Å². The summed E-state index contributed by atoms with van der Waals surface area (Å²) in [7, 11) is 3.56. The van der Waals surface area contributed by atoms with Crippen molar-refractivity contribution in [2.45, 2.75) is 44.8 Å². The van der Waals surface area contributed by atoms with E-state index >= 15 is 0 Å². The second kappa shape index (κ2) is 10.4. The van der Waals surface area contributed by atoms with Crippen molar-refractivity contribution in [2.75, 3.05) is 27.2 Å². The molecule has 3 N–H and O–H groups in total. The molecule has 0 aromatic heterocycles. The molecule has 0 saturated heterocycles. The Bertz CT molecular complexity index is 786. The molecule has 5 atom stereocenters. The van der Waals surface area contributed by atoms with Crippen LogP contribution < -0.4 is 5.32 Å². The molecule has 1 aromatic carbocycles. The van der Waals surface area contributed by atoms with E-state index in [9.17, 15) is 15.0 Å². The summed E-state index contributed by atoms with van der Waals surface area (Å²) in [6, 6.07) is 8.21. The zero-order chi connectivity index (χ0) is 21.7. The lowest BCUT2D eigenvalue weighted by atomic mass is 9.89. The molecule has 3 rings (SSSR count). The van der Waals surface area contributed by atoms with Gasteiger partial charge in [0.1, 0.15) is 0 Å². The highest BCUT2D eigenvalue weighted by Crippen LogP contribution is 2.47. The van der Waals surface area contributed by atoms with E-state index in [-0.39, 0.29) is 17.9 Å². The number of allylic oxidation sites excluding steroid dienone is 1. The van der Waals surface area contributed by atoms with Crippen molar-refractivity contribution in [3.05, 3.63) is 59.2 Å². The third-order valence-electron chi connectivity index (χ3n) is 6.40. The van der Waals surface area contributed by atoms with Gasteiger partial charge in [-0.1, -0.05) is 53.6 Å². The largest absolute Gasteiger partial charge is 0.392 e. The summed E-state index contributed by atoms with van der Waals surface area (Å²) in [5, 5.41) is 24.3. The number of carbonyl (C=O) groups excluding carboxylic acids is 1. The number of nitrogens with one attached hydrogen (secondary N) is 1. The Morgan fingerprint density at radius 2 is 2.17 bits per heavy atom. The van der Waals surface area contributed by atoms with Crippen LogP contribution in [-0.4, -0.2) is 60.4 Å². The van der Waals surface area contributed by atoms with E-state index < -0.39 is 6.10 Å². The van der Waals surface area contributed by atoms with Gasteiger partial charge in [-0.3, -0.25) is 4.79 Å². The molecule has 1 aromatic rings. The van der Waals surface area contributed by atoms with Gasteiger partial charge in [-0.15, -0.1) is 0 Å². The molecule has 0 spiro atoms. The predicted molar refractivity (Wildman–Crippen MR) is 120 cm³/mol. The van der Waals surface area contributed by atoms with Gasteiger partial charge in [0, 0.05) is 45.9 Å². The fourth-order valence-corrected chi connectivity index (χ4v) is 4.81. The SMILES string of the molecule is Cc1cccc(C[C@@H](O)/C=C/[C@@H]2[C@H]3CC(CNCCC(=O)N(C)C)=C[C@H]3C[C@H]2O)c1. The topological polar surface area (TPSA) is 72.8 Å². The minimum atomic E-state index is -0.539. The summed E-state index contributed by atoms with van der Waals surface area (Å²) < 4.78 is 0. The predicted octanol–water partition coefficient (Wildman–Crippen LogP) is 2.47. The van der Waals surface area contributed by atoms with Crippen molar-refractivity contribution < 1.29 is 15.0 Å². The second-order valence-corrected chi connectivity index (χ2v) is 9.10. The molecule has 2 aliphatic carbocycles. The highest BCUT2D eigenvalue weighted by molar-refractivity contribution is 5.75. The quantitative estimate of drug-likeness (QED) is 0.430. The third-order valence-corrected chi connectivity index (χ3v) is 6.40. The van der Waals surface area contributed by atoms with Crippen LogP contribution in [-0.2, 0) is 11.2 Å². The number of fused-ring (bicyclic) bond motifs is 1. The summed E-state index contributed by atoms with van der Waals surface area (Å²) in [6.07, 6.45) is 8.19. The molecule has 30 heavy (non-hydrogen) atoms. The maximum Gasteiger partial charge on any atom is 0.223 e. The van der Waals surface area contributed by atoms with Gasteiger partial charge in [-0.2, -0.15) is 0 Å².